The number of ether oxygens (including phenoxy) is 1. The highest BCUT2D eigenvalue weighted by Crippen LogP contribution is 2.42. The molecule has 4 heteroatoms. The molecule has 0 bridgehead atoms. The molecular formula is C25H27Cl2NO. The van der Waals surface area contributed by atoms with Gasteiger partial charge in [0.2, 0.25) is 0 Å². The van der Waals surface area contributed by atoms with Crippen molar-refractivity contribution in [1.82, 2.24) is 5.32 Å². The highest BCUT2D eigenvalue weighted by molar-refractivity contribution is 6.30. The molecule has 1 aliphatic rings. The Kier molecular flexibility index (Phi) is 7.74. The van der Waals surface area contributed by atoms with E-state index in [4.69, 9.17) is 16.3 Å². The summed E-state index contributed by atoms with van der Waals surface area (Å²) in [6.45, 7) is 3.29. The second kappa shape index (κ2) is 10.3. The van der Waals surface area contributed by atoms with Crippen LogP contribution in [-0.4, -0.2) is 13.2 Å². The maximum absolute atomic E-state index is 6.16. The molecule has 0 fully saturated rings. The molecule has 152 valence electrons. The molecule has 1 N–H and O–H groups in total. The van der Waals surface area contributed by atoms with E-state index in [2.05, 4.69) is 72.0 Å². The Balaban J connectivity index is 0.00000240. The first kappa shape index (κ1) is 21.9. The van der Waals surface area contributed by atoms with Crippen LogP contribution in [-0.2, 0) is 23.3 Å². The minimum absolute atomic E-state index is 0. The van der Waals surface area contributed by atoms with Crippen molar-refractivity contribution in [2.45, 2.75) is 31.4 Å². The molecule has 1 aliphatic heterocycles. The third kappa shape index (κ3) is 5.02. The van der Waals surface area contributed by atoms with E-state index in [-0.39, 0.29) is 17.8 Å². The van der Waals surface area contributed by atoms with Crippen LogP contribution in [0.4, 0.5) is 0 Å². The van der Waals surface area contributed by atoms with Gasteiger partial charge in [-0.1, -0.05) is 78.3 Å². The number of benzene rings is 3. The summed E-state index contributed by atoms with van der Waals surface area (Å²) >= 11 is 6.16. The lowest BCUT2D eigenvalue weighted by atomic mass is 9.69. The van der Waals surface area contributed by atoms with Crippen LogP contribution in [0.25, 0.3) is 0 Å². The van der Waals surface area contributed by atoms with Crippen molar-refractivity contribution >= 4 is 24.0 Å². The van der Waals surface area contributed by atoms with E-state index in [1.54, 1.807) is 0 Å². The van der Waals surface area contributed by atoms with Gasteiger partial charge in [0.15, 0.2) is 0 Å². The van der Waals surface area contributed by atoms with Gasteiger partial charge in [-0.3, -0.25) is 0 Å². The average molecular weight is 428 g/mol. The van der Waals surface area contributed by atoms with Gasteiger partial charge in [-0.25, -0.2) is 0 Å². The SMILES string of the molecule is Cl.Clc1ccc(C2(CCCNCc3ccccc3)COCc3ccccc32)cc1. The number of halogens is 2. The molecule has 0 spiro atoms. The van der Waals surface area contributed by atoms with Crippen LogP contribution in [0, 0.1) is 0 Å². The Morgan fingerprint density at radius 2 is 1.62 bits per heavy atom. The minimum atomic E-state index is -0.117. The Hall–Kier alpha value is -1.84. The summed E-state index contributed by atoms with van der Waals surface area (Å²) in [6, 6.07) is 27.5. The van der Waals surface area contributed by atoms with Gasteiger partial charge in [-0.05, 0) is 53.8 Å². The Bertz CT molecular complexity index is 898. The number of fused-ring (bicyclic) bond motifs is 1. The topological polar surface area (TPSA) is 21.3 Å². The fourth-order valence-electron chi connectivity index (χ4n) is 4.23. The van der Waals surface area contributed by atoms with Crippen LogP contribution in [0.2, 0.25) is 5.02 Å². The van der Waals surface area contributed by atoms with Crippen molar-refractivity contribution in [2.75, 3.05) is 13.2 Å². The predicted molar refractivity (Wildman–Crippen MR) is 123 cm³/mol. The highest BCUT2D eigenvalue weighted by Gasteiger charge is 2.38. The van der Waals surface area contributed by atoms with E-state index in [1.807, 2.05) is 12.1 Å². The fraction of sp³-hybridized carbons (Fsp3) is 0.280. The summed E-state index contributed by atoms with van der Waals surface area (Å²) in [7, 11) is 0. The number of rotatable bonds is 7. The summed E-state index contributed by atoms with van der Waals surface area (Å²) in [4.78, 5) is 0. The van der Waals surface area contributed by atoms with Gasteiger partial charge >= 0.3 is 0 Å². The van der Waals surface area contributed by atoms with E-state index in [0.717, 1.165) is 31.0 Å². The molecule has 29 heavy (non-hydrogen) atoms. The van der Waals surface area contributed by atoms with Crippen LogP contribution in [0.1, 0.15) is 35.1 Å². The van der Waals surface area contributed by atoms with Crippen molar-refractivity contribution in [3.05, 3.63) is 106 Å². The molecule has 1 unspecified atom stereocenters. The van der Waals surface area contributed by atoms with E-state index in [0.29, 0.717) is 13.2 Å². The van der Waals surface area contributed by atoms with Gasteiger partial charge in [-0.2, -0.15) is 0 Å². The molecule has 0 saturated heterocycles. The monoisotopic (exact) mass is 427 g/mol. The lowest BCUT2D eigenvalue weighted by molar-refractivity contribution is 0.0613. The van der Waals surface area contributed by atoms with Crippen molar-refractivity contribution in [1.29, 1.82) is 0 Å². The van der Waals surface area contributed by atoms with Crippen molar-refractivity contribution < 1.29 is 4.74 Å². The number of nitrogens with one attached hydrogen (secondary N) is 1. The van der Waals surface area contributed by atoms with Crippen LogP contribution in [0.15, 0.2) is 78.9 Å². The second-order valence-electron chi connectivity index (χ2n) is 7.50. The highest BCUT2D eigenvalue weighted by atomic mass is 35.5. The molecule has 1 heterocycles. The molecule has 0 aromatic heterocycles. The van der Waals surface area contributed by atoms with E-state index >= 15 is 0 Å². The van der Waals surface area contributed by atoms with E-state index in [9.17, 15) is 0 Å². The van der Waals surface area contributed by atoms with Gasteiger partial charge < -0.3 is 10.1 Å². The molecule has 0 aliphatic carbocycles. The van der Waals surface area contributed by atoms with Crippen molar-refractivity contribution in [3.63, 3.8) is 0 Å². The first-order chi connectivity index (χ1) is 13.8. The Morgan fingerprint density at radius 3 is 2.41 bits per heavy atom. The molecule has 3 aromatic carbocycles. The predicted octanol–water partition coefficient (Wildman–Crippen LogP) is 6.15. The molecule has 0 amide bonds. The molecular weight excluding hydrogens is 401 g/mol. The van der Waals surface area contributed by atoms with Crippen LogP contribution in [0.5, 0.6) is 0 Å². The first-order valence-electron chi connectivity index (χ1n) is 9.95. The Morgan fingerprint density at radius 1 is 0.897 bits per heavy atom. The van der Waals surface area contributed by atoms with Crippen molar-refractivity contribution in [3.8, 4) is 0 Å². The zero-order chi connectivity index (χ0) is 19.2. The van der Waals surface area contributed by atoms with Crippen LogP contribution >= 0.6 is 24.0 Å². The normalized spacial score (nSPS) is 18.0. The summed E-state index contributed by atoms with van der Waals surface area (Å²) < 4.78 is 6.07. The Labute approximate surface area is 184 Å². The maximum Gasteiger partial charge on any atom is 0.0720 e. The zero-order valence-electron chi connectivity index (χ0n) is 16.4. The molecule has 1 atom stereocenters. The second-order valence-corrected chi connectivity index (χ2v) is 7.94. The van der Waals surface area contributed by atoms with Crippen LogP contribution in [0.3, 0.4) is 0 Å². The molecule has 0 saturated carbocycles. The lowest BCUT2D eigenvalue weighted by Crippen LogP contribution is -2.38. The minimum Gasteiger partial charge on any atom is -0.375 e. The lowest BCUT2D eigenvalue weighted by Gasteiger charge is -2.40. The zero-order valence-corrected chi connectivity index (χ0v) is 18.0. The average Bonchev–Trinajstić information content (AvgIpc) is 2.75. The number of hydrogen-bond donors (Lipinski definition) is 1. The summed E-state index contributed by atoms with van der Waals surface area (Å²) in [6.07, 6.45) is 2.11. The first-order valence-corrected chi connectivity index (χ1v) is 10.3. The third-order valence-corrected chi connectivity index (χ3v) is 5.92. The van der Waals surface area contributed by atoms with E-state index < -0.39 is 0 Å². The summed E-state index contributed by atoms with van der Waals surface area (Å²) in [5.74, 6) is 0. The maximum atomic E-state index is 6.16. The smallest absolute Gasteiger partial charge is 0.0720 e. The van der Waals surface area contributed by atoms with Gasteiger partial charge in [0, 0.05) is 17.0 Å². The standard InChI is InChI=1S/C25H26ClNO.ClH/c26-23-13-11-22(12-14-23)25(19-28-18-21-9-4-5-10-24(21)25)15-6-16-27-17-20-7-2-1-3-8-20;/h1-5,7-14,27H,6,15-19H2;1H. The largest absolute Gasteiger partial charge is 0.375 e. The third-order valence-electron chi connectivity index (χ3n) is 5.66. The summed E-state index contributed by atoms with van der Waals surface area (Å²) in [5, 5.41) is 4.35. The van der Waals surface area contributed by atoms with Gasteiger partial charge in [0.25, 0.3) is 0 Å². The van der Waals surface area contributed by atoms with Gasteiger partial charge in [-0.15, -0.1) is 12.4 Å². The van der Waals surface area contributed by atoms with E-state index in [1.165, 1.54) is 22.3 Å². The number of hydrogen-bond acceptors (Lipinski definition) is 2. The quantitative estimate of drug-likeness (QED) is 0.456. The van der Waals surface area contributed by atoms with Gasteiger partial charge in [0.1, 0.15) is 0 Å². The van der Waals surface area contributed by atoms with Gasteiger partial charge in [0.05, 0.1) is 13.2 Å². The molecule has 2 nitrogen and oxygen atoms in total. The molecule has 0 radical (unpaired) electrons. The van der Waals surface area contributed by atoms with Crippen LogP contribution < -0.4 is 5.32 Å². The fourth-order valence-corrected chi connectivity index (χ4v) is 4.35. The van der Waals surface area contributed by atoms with Crippen molar-refractivity contribution in [2.24, 2.45) is 0 Å². The molecule has 4 rings (SSSR count). The summed E-state index contributed by atoms with van der Waals surface area (Å²) in [5.41, 5.74) is 5.18. The molecule has 3 aromatic rings.